The fraction of sp³-hybridized carbons (Fsp3) is 0.200. The highest BCUT2D eigenvalue weighted by atomic mass is 19.4. The van der Waals surface area contributed by atoms with E-state index >= 15 is 0 Å². The van der Waals surface area contributed by atoms with E-state index in [-0.39, 0.29) is 30.3 Å². The minimum absolute atomic E-state index is 0.104. The number of rotatable bonds is 5. The molecule has 6 nitrogen and oxygen atoms in total. The maximum atomic E-state index is 13.0. The van der Waals surface area contributed by atoms with Crippen LogP contribution in [-0.4, -0.2) is 27.8 Å². The average molecular weight is 456 g/mol. The smallest absolute Gasteiger partial charge is 0.368 e. The summed E-state index contributed by atoms with van der Waals surface area (Å²) in [6.45, 7) is 0. The molecule has 3 N–H and O–H groups in total. The van der Waals surface area contributed by atoms with Crippen molar-refractivity contribution in [2.24, 2.45) is 5.73 Å². The summed E-state index contributed by atoms with van der Waals surface area (Å²) in [4.78, 5) is 32.6. The third-order valence-corrected chi connectivity index (χ3v) is 4.41. The predicted molar refractivity (Wildman–Crippen MR) is 100 cm³/mol. The highest BCUT2D eigenvalue weighted by Crippen LogP contribution is 2.36. The second-order valence-electron chi connectivity index (χ2n) is 6.78. The number of alkyl halides is 6. The van der Waals surface area contributed by atoms with E-state index in [4.69, 9.17) is 5.73 Å². The Hall–Kier alpha value is -3.70. The number of hydrogen-bond donors (Lipinski definition) is 2. The number of amides is 2. The van der Waals surface area contributed by atoms with Gasteiger partial charge in [-0.25, -0.2) is 4.98 Å². The summed E-state index contributed by atoms with van der Waals surface area (Å²) in [5.74, 6) is -2.39. The Balaban J connectivity index is 1.89. The van der Waals surface area contributed by atoms with Crippen LogP contribution in [0.5, 0.6) is 0 Å². The Morgan fingerprint density at radius 2 is 1.50 bits per heavy atom. The van der Waals surface area contributed by atoms with Gasteiger partial charge in [0, 0.05) is 18.2 Å². The Kier molecular flexibility index (Phi) is 6.06. The molecule has 3 aromatic rings. The fourth-order valence-corrected chi connectivity index (χ4v) is 2.85. The molecule has 0 aliphatic carbocycles. The van der Waals surface area contributed by atoms with E-state index in [9.17, 15) is 35.9 Å². The molecule has 0 fully saturated rings. The Bertz CT molecular complexity index is 1140. The number of carbonyl (C=O) groups is 2. The second-order valence-corrected chi connectivity index (χ2v) is 6.78. The molecule has 0 unspecified atom stereocenters. The lowest BCUT2D eigenvalue weighted by atomic mass is 10.0. The number of aromatic nitrogens is 2. The van der Waals surface area contributed by atoms with Gasteiger partial charge in [0.25, 0.3) is 5.91 Å². The first kappa shape index (κ1) is 23.0. The van der Waals surface area contributed by atoms with E-state index in [2.05, 4.69) is 15.3 Å². The van der Waals surface area contributed by atoms with E-state index in [0.29, 0.717) is 11.0 Å². The molecule has 0 radical (unpaired) electrons. The highest BCUT2D eigenvalue weighted by Gasteiger charge is 2.37. The summed E-state index contributed by atoms with van der Waals surface area (Å²) in [5.41, 5.74) is 2.28. The average Bonchev–Trinajstić information content (AvgIpc) is 2.71. The van der Waals surface area contributed by atoms with Crippen molar-refractivity contribution in [1.82, 2.24) is 15.3 Å². The zero-order valence-electron chi connectivity index (χ0n) is 16.0. The zero-order valence-corrected chi connectivity index (χ0v) is 16.0. The quantitative estimate of drug-likeness (QED) is 0.575. The number of nitrogens with two attached hydrogens (primary N) is 1. The molecule has 2 aromatic carbocycles. The lowest BCUT2D eigenvalue weighted by molar-refractivity contribution is -0.143. The maximum Gasteiger partial charge on any atom is 0.416 e. The Morgan fingerprint density at radius 3 is 2.03 bits per heavy atom. The van der Waals surface area contributed by atoms with Gasteiger partial charge >= 0.3 is 12.4 Å². The zero-order chi connectivity index (χ0) is 23.7. The number of primary amides is 1. The highest BCUT2D eigenvalue weighted by molar-refractivity contribution is 5.97. The summed E-state index contributed by atoms with van der Waals surface area (Å²) >= 11 is 0. The van der Waals surface area contributed by atoms with Gasteiger partial charge in [0.15, 0.2) is 0 Å². The number of carbonyl (C=O) groups excluding carboxylic acids is 2. The van der Waals surface area contributed by atoms with Crippen molar-refractivity contribution in [3.05, 3.63) is 71.0 Å². The summed E-state index contributed by atoms with van der Waals surface area (Å²) in [7, 11) is 0. The molecule has 0 aliphatic rings. The molecule has 32 heavy (non-hydrogen) atoms. The molecule has 12 heteroatoms. The summed E-state index contributed by atoms with van der Waals surface area (Å²) in [5, 5.41) is 2.07. The molecule has 3 rings (SSSR count). The van der Waals surface area contributed by atoms with Crippen molar-refractivity contribution in [2.45, 2.75) is 24.8 Å². The van der Waals surface area contributed by atoms with E-state index in [1.807, 2.05) is 0 Å². The molecule has 0 bridgehead atoms. The van der Waals surface area contributed by atoms with Gasteiger partial charge in [-0.1, -0.05) is 12.1 Å². The van der Waals surface area contributed by atoms with Crippen molar-refractivity contribution in [3.8, 4) is 0 Å². The lowest BCUT2D eigenvalue weighted by Crippen LogP contribution is -2.46. The third kappa shape index (κ3) is 5.31. The monoisotopic (exact) mass is 456 g/mol. The minimum atomic E-state index is -5.12. The summed E-state index contributed by atoms with van der Waals surface area (Å²) in [6, 6.07) is 5.72. The van der Waals surface area contributed by atoms with Gasteiger partial charge in [0.05, 0.1) is 27.9 Å². The third-order valence-electron chi connectivity index (χ3n) is 4.41. The molecule has 0 aliphatic heterocycles. The van der Waals surface area contributed by atoms with Crippen LogP contribution in [0, 0.1) is 0 Å². The van der Waals surface area contributed by atoms with Crippen LogP contribution in [0.2, 0.25) is 0 Å². The van der Waals surface area contributed by atoms with Gasteiger partial charge in [-0.2, -0.15) is 26.3 Å². The predicted octanol–water partition coefficient (Wildman–Crippen LogP) is 3.49. The molecule has 168 valence electrons. The molecule has 0 saturated heterocycles. The first-order valence-electron chi connectivity index (χ1n) is 8.95. The van der Waals surface area contributed by atoms with Crippen LogP contribution < -0.4 is 11.1 Å². The van der Waals surface area contributed by atoms with Crippen molar-refractivity contribution in [1.29, 1.82) is 0 Å². The largest absolute Gasteiger partial charge is 0.416 e. The number of benzene rings is 2. The van der Waals surface area contributed by atoms with E-state index in [0.717, 1.165) is 0 Å². The molecule has 0 spiro atoms. The van der Waals surface area contributed by atoms with E-state index < -0.39 is 46.9 Å². The standard InChI is InChI=1S/C20H14F6N4O2/c21-19(22,23)11-5-10(6-12(7-11)20(24,25)26)18(32)30-16(17(27)31)8-13-9-28-14-3-1-2-4-15(14)29-13/h1-7,9,16H,8H2,(H2,27,31)(H,30,32)/t16-/m1/s1. The normalized spacial score (nSPS) is 13.1. The van der Waals surface area contributed by atoms with Crippen LogP contribution >= 0.6 is 0 Å². The summed E-state index contributed by atoms with van der Waals surface area (Å²) in [6.07, 6.45) is -9.21. The van der Waals surface area contributed by atoms with Crippen molar-refractivity contribution < 1.29 is 35.9 Å². The first-order chi connectivity index (χ1) is 14.8. The lowest BCUT2D eigenvalue weighted by Gasteiger charge is -2.17. The van der Waals surface area contributed by atoms with Crippen LogP contribution in [0.1, 0.15) is 27.2 Å². The van der Waals surface area contributed by atoms with Gasteiger partial charge in [0.1, 0.15) is 6.04 Å². The van der Waals surface area contributed by atoms with Gasteiger partial charge in [-0.15, -0.1) is 0 Å². The van der Waals surface area contributed by atoms with E-state index in [1.165, 1.54) is 6.20 Å². The van der Waals surface area contributed by atoms with Gasteiger partial charge < -0.3 is 11.1 Å². The van der Waals surface area contributed by atoms with Crippen molar-refractivity contribution in [2.75, 3.05) is 0 Å². The number of nitrogens with zero attached hydrogens (tertiary/aromatic N) is 2. The number of nitrogens with one attached hydrogen (secondary N) is 1. The SMILES string of the molecule is NC(=O)[C@@H](Cc1cnc2ccccc2n1)NC(=O)c1cc(C(F)(F)F)cc(C(F)(F)F)c1. The molecule has 2 amide bonds. The summed E-state index contributed by atoms with van der Waals surface area (Å²) < 4.78 is 78.1. The van der Waals surface area contributed by atoms with Crippen LogP contribution in [0.3, 0.4) is 0 Å². The molecular formula is C20H14F6N4O2. The van der Waals surface area contributed by atoms with Crippen LogP contribution in [-0.2, 0) is 23.6 Å². The second kappa shape index (κ2) is 8.44. The molecular weight excluding hydrogens is 442 g/mol. The number of halogens is 6. The molecule has 1 heterocycles. The van der Waals surface area contributed by atoms with Crippen molar-refractivity contribution in [3.63, 3.8) is 0 Å². The van der Waals surface area contributed by atoms with Crippen LogP contribution in [0.4, 0.5) is 26.3 Å². The number of hydrogen-bond acceptors (Lipinski definition) is 4. The minimum Gasteiger partial charge on any atom is -0.368 e. The number of para-hydroxylation sites is 2. The van der Waals surface area contributed by atoms with Crippen LogP contribution in [0.15, 0.2) is 48.7 Å². The maximum absolute atomic E-state index is 13.0. The van der Waals surface area contributed by atoms with Crippen LogP contribution in [0.25, 0.3) is 11.0 Å². The molecule has 1 atom stereocenters. The first-order valence-corrected chi connectivity index (χ1v) is 8.95. The molecule has 1 aromatic heterocycles. The topological polar surface area (TPSA) is 98.0 Å². The Labute approximate surface area is 176 Å². The number of fused-ring (bicyclic) bond motifs is 1. The van der Waals surface area contributed by atoms with Gasteiger partial charge in [0.2, 0.25) is 5.91 Å². The molecule has 0 saturated carbocycles. The van der Waals surface area contributed by atoms with Gasteiger partial charge in [-0.05, 0) is 30.3 Å². The van der Waals surface area contributed by atoms with Crippen molar-refractivity contribution >= 4 is 22.8 Å². The van der Waals surface area contributed by atoms with Gasteiger partial charge in [-0.3, -0.25) is 14.6 Å². The fourth-order valence-electron chi connectivity index (χ4n) is 2.85. The Morgan fingerprint density at radius 1 is 0.938 bits per heavy atom. The van der Waals surface area contributed by atoms with E-state index in [1.54, 1.807) is 24.3 Å².